The van der Waals surface area contributed by atoms with Crippen molar-refractivity contribution >= 4 is 5.97 Å². The molecule has 5 nitrogen and oxygen atoms in total. The number of esters is 1. The molecule has 1 aromatic heterocycles. The van der Waals surface area contributed by atoms with Gasteiger partial charge >= 0.3 is 5.97 Å². The molecule has 21 heavy (non-hydrogen) atoms. The summed E-state index contributed by atoms with van der Waals surface area (Å²) in [6.45, 7) is 2.14. The van der Waals surface area contributed by atoms with Gasteiger partial charge in [0.2, 0.25) is 5.88 Å². The van der Waals surface area contributed by atoms with Crippen molar-refractivity contribution in [2.75, 3.05) is 6.61 Å². The largest absolute Gasteiger partial charge is 0.505 e. The van der Waals surface area contributed by atoms with Gasteiger partial charge in [-0.3, -0.25) is 4.79 Å². The molecule has 2 heterocycles. The van der Waals surface area contributed by atoms with Gasteiger partial charge in [-0.15, -0.1) is 0 Å². The maximum absolute atomic E-state index is 11.3. The molecular formula is C16H15NO4. The van der Waals surface area contributed by atoms with Gasteiger partial charge in [-0.25, -0.2) is 4.98 Å². The van der Waals surface area contributed by atoms with Crippen LogP contribution in [0.2, 0.25) is 0 Å². The van der Waals surface area contributed by atoms with Crippen LogP contribution in [-0.2, 0) is 22.6 Å². The minimum Gasteiger partial charge on any atom is -0.505 e. The summed E-state index contributed by atoms with van der Waals surface area (Å²) in [5.74, 6) is -0.0933. The maximum atomic E-state index is 11.3. The Morgan fingerprint density at radius 2 is 2.05 bits per heavy atom. The molecule has 1 N–H and O–H groups in total. The summed E-state index contributed by atoms with van der Waals surface area (Å²) in [5, 5.41) is 10.5. The van der Waals surface area contributed by atoms with E-state index in [0.29, 0.717) is 24.3 Å². The fourth-order valence-corrected chi connectivity index (χ4v) is 2.42. The summed E-state index contributed by atoms with van der Waals surface area (Å²) in [5.41, 5.74) is 2.59. The zero-order valence-electron chi connectivity index (χ0n) is 11.6. The Morgan fingerprint density at radius 1 is 1.29 bits per heavy atom. The van der Waals surface area contributed by atoms with Crippen molar-refractivity contribution < 1.29 is 19.4 Å². The van der Waals surface area contributed by atoms with Gasteiger partial charge in [0.05, 0.1) is 13.2 Å². The van der Waals surface area contributed by atoms with Crippen LogP contribution in [0.4, 0.5) is 0 Å². The lowest BCUT2D eigenvalue weighted by atomic mass is 9.99. The van der Waals surface area contributed by atoms with Gasteiger partial charge in [-0.05, 0) is 0 Å². The molecule has 0 spiro atoms. The summed E-state index contributed by atoms with van der Waals surface area (Å²) >= 11 is 0. The molecule has 0 saturated heterocycles. The van der Waals surface area contributed by atoms with Crippen LogP contribution < -0.4 is 4.74 Å². The van der Waals surface area contributed by atoms with Crippen LogP contribution in [0.3, 0.4) is 0 Å². The van der Waals surface area contributed by atoms with Crippen LogP contribution in [0.15, 0.2) is 30.3 Å². The number of benzene rings is 1. The van der Waals surface area contributed by atoms with Crippen molar-refractivity contribution in [3.05, 3.63) is 41.5 Å². The Balaban J connectivity index is 2.19. The monoisotopic (exact) mass is 285 g/mol. The van der Waals surface area contributed by atoms with Gasteiger partial charge in [0.15, 0.2) is 0 Å². The number of aromatic nitrogens is 1. The number of nitrogens with zero attached hydrogens (tertiary/aromatic N) is 1. The molecule has 0 atom stereocenters. The second kappa shape index (κ2) is 5.54. The average molecular weight is 285 g/mol. The SMILES string of the molecule is CC(=O)Oc1nc(-c2ccccc2)c(O)c2c1COCC2. The first kappa shape index (κ1) is 13.6. The number of fused-ring (bicyclic) bond motifs is 1. The summed E-state index contributed by atoms with van der Waals surface area (Å²) in [7, 11) is 0. The second-order valence-corrected chi connectivity index (χ2v) is 4.83. The maximum Gasteiger partial charge on any atom is 0.309 e. The van der Waals surface area contributed by atoms with Crippen molar-refractivity contribution in [3.63, 3.8) is 0 Å². The molecule has 3 rings (SSSR count). The number of carbonyl (C=O) groups is 1. The molecule has 0 bridgehead atoms. The number of pyridine rings is 1. The van der Waals surface area contributed by atoms with Crippen molar-refractivity contribution in [2.45, 2.75) is 20.0 Å². The van der Waals surface area contributed by atoms with E-state index in [-0.39, 0.29) is 18.2 Å². The fraction of sp³-hybridized carbons (Fsp3) is 0.250. The van der Waals surface area contributed by atoms with E-state index >= 15 is 0 Å². The third-order valence-electron chi connectivity index (χ3n) is 3.38. The Bertz CT molecular complexity index is 682. The average Bonchev–Trinajstić information content (AvgIpc) is 2.51. The number of carbonyl (C=O) groups excluding carboxylic acids is 1. The third-order valence-corrected chi connectivity index (χ3v) is 3.38. The Hall–Kier alpha value is -2.40. The molecule has 0 radical (unpaired) electrons. The van der Waals surface area contributed by atoms with Gasteiger partial charge < -0.3 is 14.6 Å². The number of hydrogen-bond donors (Lipinski definition) is 1. The van der Waals surface area contributed by atoms with Crippen LogP contribution in [-0.4, -0.2) is 22.7 Å². The molecular weight excluding hydrogens is 270 g/mol. The van der Waals surface area contributed by atoms with Crippen LogP contribution in [0.25, 0.3) is 11.3 Å². The van der Waals surface area contributed by atoms with E-state index in [0.717, 1.165) is 11.1 Å². The van der Waals surface area contributed by atoms with Crippen molar-refractivity contribution in [2.24, 2.45) is 0 Å². The second-order valence-electron chi connectivity index (χ2n) is 4.83. The summed E-state index contributed by atoms with van der Waals surface area (Å²) in [6.07, 6.45) is 0.567. The first-order valence-corrected chi connectivity index (χ1v) is 6.73. The summed E-state index contributed by atoms with van der Waals surface area (Å²) < 4.78 is 10.6. The minimum absolute atomic E-state index is 0.135. The first-order valence-electron chi connectivity index (χ1n) is 6.73. The predicted octanol–water partition coefficient (Wildman–Crippen LogP) is 2.45. The minimum atomic E-state index is -0.444. The molecule has 1 aliphatic rings. The number of rotatable bonds is 2. The van der Waals surface area contributed by atoms with Gasteiger partial charge in [-0.2, -0.15) is 0 Å². The third kappa shape index (κ3) is 2.60. The molecule has 108 valence electrons. The molecule has 0 amide bonds. The van der Waals surface area contributed by atoms with Gasteiger partial charge in [-0.1, -0.05) is 30.3 Å². The van der Waals surface area contributed by atoms with Gasteiger partial charge in [0.1, 0.15) is 11.4 Å². The highest BCUT2D eigenvalue weighted by molar-refractivity contribution is 5.73. The predicted molar refractivity (Wildman–Crippen MR) is 76.0 cm³/mol. The van der Waals surface area contributed by atoms with E-state index in [1.165, 1.54) is 6.92 Å². The van der Waals surface area contributed by atoms with Crippen LogP contribution in [0.1, 0.15) is 18.1 Å². The highest BCUT2D eigenvalue weighted by Gasteiger charge is 2.24. The Kier molecular flexibility index (Phi) is 3.58. The number of ether oxygens (including phenoxy) is 2. The quantitative estimate of drug-likeness (QED) is 0.858. The molecule has 0 fully saturated rings. The van der Waals surface area contributed by atoms with E-state index in [9.17, 15) is 9.90 Å². The molecule has 5 heteroatoms. The molecule has 0 unspecified atom stereocenters. The smallest absolute Gasteiger partial charge is 0.309 e. The lowest BCUT2D eigenvalue weighted by Gasteiger charge is -2.21. The zero-order valence-corrected chi connectivity index (χ0v) is 11.6. The normalized spacial score (nSPS) is 13.6. The van der Waals surface area contributed by atoms with E-state index in [2.05, 4.69) is 4.98 Å². The summed E-state index contributed by atoms with van der Waals surface area (Å²) in [6, 6.07) is 9.32. The zero-order chi connectivity index (χ0) is 14.8. The molecule has 1 aliphatic heterocycles. The lowest BCUT2D eigenvalue weighted by molar-refractivity contribution is -0.132. The molecule has 1 aromatic carbocycles. The topological polar surface area (TPSA) is 68.7 Å². The van der Waals surface area contributed by atoms with Crippen molar-refractivity contribution in [3.8, 4) is 22.9 Å². The Labute approximate surface area is 122 Å². The van der Waals surface area contributed by atoms with Crippen LogP contribution >= 0.6 is 0 Å². The molecule has 0 saturated carbocycles. The standard InChI is InChI=1S/C16H15NO4/c1-10(18)21-16-13-9-20-8-7-12(13)15(19)14(17-16)11-5-3-2-4-6-11/h2-6,19H,7-9H2,1H3. The van der Waals surface area contributed by atoms with E-state index in [1.54, 1.807) is 0 Å². The van der Waals surface area contributed by atoms with Crippen molar-refractivity contribution in [1.82, 2.24) is 4.98 Å². The van der Waals surface area contributed by atoms with Gasteiger partial charge in [0, 0.05) is 30.0 Å². The van der Waals surface area contributed by atoms with Crippen molar-refractivity contribution in [1.29, 1.82) is 0 Å². The summed E-state index contributed by atoms with van der Waals surface area (Å²) in [4.78, 5) is 15.6. The van der Waals surface area contributed by atoms with Crippen LogP contribution in [0, 0.1) is 0 Å². The Morgan fingerprint density at radius 3 is 2.76 bits per heavy atom. The lowest BCUT2D eigenvalue weighted by Crippen LogP contribution is -2.15. The van der Waals surface area contributed by atoms with E-state index < -0.39 is 5.97 Å². The number of hydrogen-bond acceptors (Lipinski definition) is 5. The molecule has 2 aromatic rings. The molecule has 0 aliphatic carbocycles. The van der Waals surface area contributed by atoms with E-state index in [4.69, 9.17) is 9.47 Å². The van der Waals surface area contributed by atoms with Crippen LogP contribution in [0.5, 0.6) is 11.6 Å². The highest BCUT2D eigenvalue weighted by atomic mass is 16.5. The fourth-order valence-electron chi connectivity index (χ4n) is 2.42. The van der Waals surface area contributed by atoms with Gasteiger partial charge in [0.25, 0.3) is 0 Å². The first-order chi connectivity index (χ1) is 10.2. The van der Waals surface area contributed by atoms with E-state index in [1.807, 2.05) is 30.3 Å². The highest BCUT2D eigenvalue weighted by Crippen LogP contribution is 2.38. The number of aromatic hydroxyl groups is 1.